The highest BCUT2D eigenvalue weighted by molar-refractivity contribution is 9.10. The summed E-state index contributed by atoms with van der Waals surface area (Å²) in [5.74, 6) is -0.637. The Morgan fingerprint density at radius 2 is 1.56 bits per heavy atom. The van der Waals surface area contributed by atoms with Crippen LogP contribution in [0.25, 0.3) is 0 Å². The van der Waals surface area contributed by atoms with Gasteiger partial charge < -0.3 is 20.5 Å². The first-order valence-electron chi connectivity index (χ1n) is 16.7. The van der Waals surface area contributed by atoms with E-state index in [-0.39, 0.29) is 18.5 Å². The predicted octanol–water partition coefficient (Wildman–Crippen LogP) is 9.35. The molecule has 0 atom stereocenters. The van der Waals surface area contributed by atoms with E-state index in [0.29, 0.717) is 47.0 Å². The maximum absolute atomic E-state index is 12.8. The molecule has 0 spiro atoms. The molecule has 0 radical (unpaired) electrons. The minimum atomic E-state index is -0.353. The smallest absolute Gasteiger partial charge is 0.338 e. The van der Waals surface area contributed by atoms with Crippen molar-refractivity contribution in [3.63, 3.8) is 0 Å². The average molecular weight is 765 g/mol. The largest absolute Gasteiger partial charge is 0.465 e. The van der Waals surface area contributed by atoms with Crippen LogP contribution in [-0.4, -0.2) is 67.2 Å². The number of para-hydroxylation sites is 2. The lowest BCUT2D eigenvalue weighted by molar-refractivity contribution is -0.141. The van der Waals surface area contributed by atoms with E-state index >= 15 is 0 Å². The van der Waals surface area contributed by atoms with Gasteiger partial charge in [0, 0.05) is 42.8 Å². The van der Waals surface area contributed by atoms with Crippen LogP contribution in [-0.2, 0) is 20.8 Å². The summed E-state index contributed by atoms with van der Waals surface area (Å²) < 4.78 is 11.3. The molecule has 0 aromatic heterocycles. The Morgan fingerprint density at radius 3 is 2.17 bits per heavy atom. The number of halogens is 3. The second-order valence-electron chi connectivity index (χ2n) is 11.8. The normalized spacial score (nSPS) is 13.2. The molecule has 48 heavy (non-hydrogen) atoms. The summed E-state index contributed by atoms with van der Waals surface area (Å²) >= 11 is 15.6. The van der Waals surface area contributed by atoms with Gasteiger partial charge in [0.15, 0.2) is 0 Å². The number of rotatable bonds is 15. The van der Waals surface area contributed by atoms with Crippen molar-refractivity contribution in [2.45, 2.75) is 71.9 Å². The van der Waals surface area contributed by atoms with Crippen molar-refractivity contribution >= 4 is 68.1 Å². The molecule has 0 unspecified atom stereocenters. The topological polar surface area (TPSA) is 97.1 Å². The number of nitrogens with one attached hydrogen (secondary N) is 1. The zero-order chi connectivity index (χ0) is 34.9. The molecule has 1 saturated carbocycles. The summed E-state index contributed by atoms with van der Waals surface area (Å²) in [5, 5.41) is 4.41. The number of nitrogen functional groups attached to an aromatic ring is 1. The summed E-state index contributed by atoms with van der Waals surface area (Å²) in [4.78, 5) is 28.3. The van der Waals surface area contributed by atoms with Gasteiger partial charge in [-0.1, -0.05) is 80.6 Å². The summed E-state index contributed by atoms with van der Waals surface area (Å²) in [6.07, 6.45) is 7.30. The van der Waals surface area contributed by atoms with Crippen molar-refractivity contribution in [2.75, 3.05) is 50.4 Å². The molecule has 0 saturated heterocycles. The lowest BCUT2D eigenvalue weighted by Crippen LogP contribution is -2.36. The van der Waals surface area contributed by atoms with E-state index in [1.165, 1.54) is 39.0 Å². The molecule has 262 valence electrons. The molecule has 1 fully saturated rings. The molecule has 11 heteroatoms. The minimum absolute atomic E-state index is 0.277. The fourth-order valence-corrected chi connectivity index (χ4v) is 6.68. The van der Waals surface area contributed by atoms with Crippen LogP contribution in [0.3, 0.4) is 0 Å². The number of nitrogens with zero attached hydrogens (tertiary/aromatic N) is 2. The van der Waals surface area contributed by atoms with Gasteiger partial charge in [-0.05, 0) is 90.2 Å². The maximum Gasteiger partial charge on any atom is 0.338 e. The van der Waals surface area contributed by atoms with E-state index < -0.39 is 0 Å². The third-order valence-corrected chi connectivity index (χ3v) is 9.51. The predicted molar refractivity (Wildman–Crippen MR) is 201 cm³/mol. The van der Waals surface area contributed by atoms with Crippen LogP contribution in [0.15, 0.2) is 65.1 Å². The summed E-state index contributed by atoms with van der Waals surface area (Å²) in [7, 11) is 0. The van der Waals surface area contributed by atoms with Crippen LogP contribution in [0.5, 0.6) is 0 Å². The van der Waals surface area contributed by atoms with E-state index in [1.54, 1.807) is 18.2 Å². The van der Waals surface area contributed by atoms with Crippen molar-refractivity contribution in [3.05, 3.63) is 86.3 Å². The van der Waals surface area contributed by atoms with Crippen LogP contribution >= 0.6 is 39.1 Å². The number of nitrogens with two attached hydrogens (primary N) is 1. The van der Waals surface area contributed by atoms with Gasteiger partial charge in [0.05, 0.1) is 27.0 Å². The second kappa shape index (κ2) is 21.3. The first-order chi connectivity index (χ1) is 23.1. The number of esters is 2. The Morgan fingerprint density at radius 1 is 0.917 bits per heavy atom. The monoisotopic (exact) mass is 762 g/mol. The van der Waals surface area contributed by atoms with Crippen LogP contribution < -0.4 is 11.1 Å². The summed E-state index contributed by atoms with van der Waals surface area (Å²) in [6.45, 7) is 10.0. The standard InChI is InChI=1S/C25H40BrN3O4.C12H9Cl2N/c1-4-11-28(12-14-32-19(3)30)13-15-33-25(31)20-16-21(24(27)23(26)17-20)18-29(5-2)22-9-7-6-8-10-22;13-10-7-4-8-11(14)12(10)15-9-5-2-1-3-6-9/h16-17,22H,4-15,18,27H2,1-3H3;1-8,15H. The van der Waals surface area contributed by atoms with Crippen molar-refractivity contribution in [1.29, 1.82) is 0 Å². The average Bonchev–Trinajstić information content (AvgIpc) is 3.08. The Labute approximate surface area is 304 Å². The fraction of sp³-hybridized carbons (Fsp3) is 0.459. The Bertz CT molecular complexity index is 1420. The van der Waals surface area contributed by atoms with Crippen LogP contribution in [0.2, 0.25) is 10.0 Å². The lowest BCUT2D eigenvalue weighted by atomic mass is 9.93. The molecule has 3 N–H and O–H groups in total. The van der Waals surface area contributed by atoms with Gasteiger partial charge in [-0.3, -0.25) is 14.6 Å². The lowest BCUT2D eigenvalue weighted by Gasteiger charge is -2.34. The van der Waals surface area contributed by atoms with Crippen LogP contribution in [0, 0.1) is 0 Å². The molecular formula is C37H49BrCl2N4O4. The molecule has 0 bridgehead atoms. The zero-order valence-electron chi connectivity index (χ0n) is 28.3. The molecule has 3 aromatic rings. The van der Waals surface area contributed by atoms with Crippen molar-refractivity contribution in [2.24, 2.45) is 0 Å². The quantitative estimate of drug-likeness (QED) is 0.117. The highest BCUT2D eigenvalue weighted by atomic mass is 79.9. The second-order valence-corrected chi connectivity index (χ2v) is 13.5. The molecule has 0 heterocycles. The first kappa shape index (κ1) is 39.6. The molecule has 0 amide bonds. The van der Waals surface area contributed by atoms with Gasteiger partial charge >= 0.3 is 11.9 Å². The number of carbonyl (C=O) groups is 2. The Kier molecular flexibility index (Phi) is 17.6. The molecule has 1 aliphatic carbocycles. The number of hydrogen-bond acceptors (Lipinski definition) is 8. The molecule has 1 aliphatic rings. The first-order valence-corrected chi connectivity index (χ1v) is 18.3. The van der Waals surface area contributed by atoms with Gasteiger partial charge in [-0.2, -0.15) is 0 Å². The van der Waals surface area contributed by atoms with Crippen molar-refractivity contribution in [3.8, 4) is 0 Å². The molecule has 4 rings (SSSR count). The van der Waals surface area contributed by atoms with E-state index in [4.69, 9.17) is 38.4 Å². The number of benzene rings is 3. The summed E-state index contributed by atoms with van der Waals surface area (Å²) in [6, 6.07) is 19.4. The van der Waals surface area contributed by atoms with Gasteiger partial charge in [-0.15, -0.1) is 0 Å². The third kappa shape index (κ3) is 13.2. The number of hydrogen-bond donors (Lipinski definition) is 2. The summed E-state index contributed by atoms with van der Waals surface area (Å²) in [5.41, 5.74) is 10.2. The van der Waals surface area contributed by atoms with Gasteiger partial charge in [0.1, 0.15) is 13.2 Å². The minimum Gasteiger partial charge on any atom is -0.465 e. The van der Waals surface area contributed by atoms with Gasteiger partial charge in [0.2, 0.25) is 0 Å². The van der Waals surface area contributed by atoms with Gasteiger partial charge in [0.25, 0.3) is 0 Å². The van der Waals surface area contributed by atoms with Crippen LogP contribution in [0.4, 0.5) is 17.1 Å². The Hall–Kier alpha value is -2.82. The van der Waals surface area contributed by atoms with Crippen molar-refractivity contribution < 1.29 is 19.1 Å². The zero-order valence-corrected chi connectivity index (χ0v) is 31.4. The number of anilines is 3. The third-order valence-electron chi connectivity index (χ3n) is 8.22. The molecular weight excluding hydrogens is 715 g/mol. The number of ether oxygens (including phenoxy) is 2. The fourth-order valence-electron chi connectivity index (χ4n) is 5.69. The molecule has 3 aromatic carbocycles. The number of carbonyl (C=O) groups excluding carboxylic acids is 2. The van der Waals surface area contributed by atoms with E-state index in [9.17, 15) is 9.59 Å². The highest BCUT2D eigenvalue weighted by Crippen LogP contribution is 2.32. The van der Waals surface area contributed by atoms with Crippen molar-refractivity contribution in [1.82, 2.24) is 9.80 Å². The molecule has 0 aliphatic heterocycles. The van der Waals surface area contributed by atoms with E-state index in [2.05, 4.69) is 44.9 Å². The van der Waals surface area contributed by atoms with Gasteiger partial charge in [-0.25, -0.2) is 4.79 Å². The highest BCUT2D eigenvalue weighted by Gasteiger charge is 2.22. The Balaban J connectivity index is 0.000000344. The van der Waals surface area contributed by atoms with Crippen LogP contribution in [0.1, 0.15) is 75.2 Å². The maximum atomic E-state index is 12.8. The van der Waals surface area contributed by atoms with E-state index in [0.717, 1.165) is 47.5 Å². The van der Waals surface area contributed by atoms with E-state index in [1.807, 2.05) is 42.5 Å². The SMILES string of the molecule is CCCN(CCOC(C)=O)CCOC(=O)c1cc(Br)c(N)c(CN(CC)C2CCCCC2)c1.Clc1cccc(Cl)c1Nc1ccccc1. The molecule has 8 nitrogen and oxygen atoms in total.